The summed E-state index contributed by atoms with van der Waals surface area (Å²) in [6, 6.07) is 7.30. The van der Waals surface area contributed by atoms with Crippen molar-refractivity contribution in [3.8, 4) is 0 Å². The molecular formula is C11H10Cl2N4S. The van der Waals surface area contributed by atoms with Gasteiger partial charge in [0, 0.05) is 10.6 Å². The Balaban J connectivity index is 2.27. The molecule has 0 aliphatic heterocycles. The Morgan fingerprint density at radius 3 is 2.61 bits per heavy atom. The van der Waals surface area contributed by atoms with Crippen LogP contribution in [-0.2, 0) is 0 Å². The molecule has 0 saturated heterocycles. The minimum absolute atomic E-state index is 0.387. The van der Waals surface area contributed by atoms with E-state index in [2.05, 4.69) is 15.4 Å². The van der Waals surface area contributed by atoms with E-state index >= 15 is 0 Å². The van der Waals surface area contributed by atoms with Crippen molar-refractivity contribution in [1.82, 2.24) is 9.97 Å². The summed E-state index contributed by atoms with van der Waals surface area (Å²) in [5.41, 5.74) is 3.27. The molecule has 2 rings (SSSR count). The fourth-order valence-corrected chi connectivity index (χ4v) is 2.60. The summed E-state index contributed by atoms with van der Waals surface area (Å²) in [4.78, 5) is 9.31. The van der Waals surface area contributed by atoms with Crippen molar-refractivity contribution >= 4 is 40.9 Å². The molecule has 0 radical (unpaired) electrons. The van der Waals surface area contributed by atoms with Crippen LogP contribution in [0.25, 0.3) is 0 Å². The summed E-state index contributed by atoms with van der Waals surface area (Å²) >= 11 is 13.3. The van der Waals surface area contributed by atoms with Crippen LogP contribution in [0.2, 0.25) is 10.0 Å². The number of benzene rings is 1. The van der Waals surface area contributed by atoms with Crippen molar-refractivity contribution in [1.29, 1.82) is 0 Å². The summed E-state index contributed by atoms with van der Waals surface area (Å²) in [5.74, 6) is 5.69. The summed E-state index contributed by atoms with van der Waals surface area (Å²) in [5, 5.41) is 1.84. The second kappa shape index (κ2) is 5.75. The van der Waals surface area contributed by atoms with Crippen LogP contribution in [0, 0.1) is 6.92 Å². The van der Waals surface area contributed by atoms with E-state index in [0.29, 0.717) is 16.0 Å². The lowest BCUT2D eigenvalue weighted by atomic mass is 10.4. The van der Waals surface area contributed by atoms with Crippen LogP contribution < -0.4 is 11.3 Å². The predicted molar refractivity (Wildman–Crippen MR) is 75.2 cm³/mol. The van der Waals surface area contributed by atoms with Crippen molar-refractivity contribution < 1.29 is 0 Å². The molecule has 1 heterocycles. The Labute approximate surface area is 119 Å². The second-order valence-corrected chi connectivity index (χ2v) is 5.40. The molecule has 0 saturated carbocycles. The van der Waals surface area contributed by atoms with E-state index in [-0.39, 0.29) is 0 Å². The molecule has 0 bridgehead atoms. The number of rotatable bonds is 3. The number of nitrogens with two attached hydrogens (primary N) is 1. The molecule has 7 heteroatoms. The third-order valence-electron chi connectivity index (χ3n) is 2.07. The average molecular weight is 301 g/mol. The molecule has 0 atom stereocenters. The first kappa shape index (κ1) is 13.4. The number of anilines is 1. The number of aromatic nitrogens is 2. The highest BCUT2D eigenvalue weighted by atomic mass is 35.5. The Kier molecular flexibility index (Phi) is 4.29. The minimum atomic E-state index is 0.387. The van der Waals surface area contributed by atoms with Crippen molar-refractivity contribution in [2.45, 2.75) is 16.8 Å². The zero-order valence-corrected chi connectivity index (χ0v) is 11.8. The zero-order chi connectivity index (χ0) is 13.1. The minimum Gasteiger partial charge on any atom is -0.292 e. The lowest BCUT2D eigenvalue weighted by Gasteiger charge is -2.05. The topological polar surface area (TPSA) is 63.8 Å². The smallest absolute Gasteiger partial charge is 0.238 e. The van der Waals surface area contributed by atoms with Gasteiger partial charge in [-0.1, -0.05) is 35.0 Å². The molecular weight excluding hydrogens is 291 g/mol. The highest BCUT2D eigenvalue weighted by Gasteiger charge is 2.05. The first-order chi connectivity index (χ1) is 8.58. The van der Waals surface area contributed by atoms with Gasteiger partial charge in [0.2, 0.25) is 5.95 Å². The van der Waals surface area contributed by atoms with Gasteiger partial charge < -0.3 is 0 Å². The SMILES string of the molecule is Cc1cc(Sc2ccc(Cl)c(Cl)c2)nc(NN)n1. The standard InChI is InChI=1S/C11H10Cl2N4S/c1-6-4-10(16-11(15-6)17-14)18-7-2-3-8(12)9(13)5-7/h2-5H,14H2,1H3,(H,15,16,17). The maximum atomic E-state index is 5.96. The van der Waals surface area contributed by atoms with Gasteiger partial charge >= 0.3 is 0 Å². The molecule has 94 valence electrons. The molecule has 0 fully saturated rings. The lowest BCUT2D eigenvalue weighted by molar-refractivity contribution is 0.994. The first-order valence-electron chi connectivity index (χ1n) is 5.03. The van der Waals surface area contributed by atoms with Gasteiger partial charge in [0.15, 0.2) is 0 Å². The Bertz CT molecular complexity index is 577. The van der Waals surface area contributed by atoms with Crippen LogP contribution in [0.3, 0.4) is 0 Å². The molecule has 0 spiro atoms. The number of halogens is 2. The van der Waals surface area contributed by atoms with Crippen LogP contribution in [0.1, 0.15) is 5.69 Å². The first-order valence-corrected chi connectivity index (χ1v) is 6.61. The molecule has 4 nitrogen and oxygen atoms in total. The maximum Gasteiger partial charge on any atom is 0.238 e. The number of nitrogens with one attached hydrogen (secondary N) is 1. The summed E-state index contributed by atoms with van der Waals surface area (Å²) in [6.07, 6.45) is 0. The van der Waals surface area contributed by atoms with Gasteiger partial charge in [-0.05, 0) is 31.2 Å². The van der Waals surface area contributed by atoms with Crippen molar-refractivity contribution in [2.24, 2.45) is 5.84 Å². The third-order valence-corrected chi connectivity index (χ3v) is 3.72. The van der Waals surface area contributed by atoms with Gasteiger partial charge in [-0.25, -0.2) is 15.8 Å². The summed E-state index contributed by atoms with van der Waals surface area (Å²) < 4.78 is 0. The van der Waals surface area contributed by atoms with E-state index in [9.17, 15) is 0 Å². The normalized spacial score (nSPS) is 10.4. The van der Waals surface area contributed by atoms with Crippen LogP contribution in [0.4, 0.5) is 5.95 Å². The van der Waals surface area contributed by atoms with Gasteiger partial charge in [0.05, 0.1) is 10.0 Å². The third kappa shape index (κ3) is 3.26. The molecule has 18 heavy (non-hydrogen) atoms. The number of hydrazine groups is 1. The van der Waals surface area contributed by atoms with E-state index in [1.807, 2.05) is 19.1 Å². The number of nitrogen functional groups attached to an aromatic ring is 1. The number of nitrogens with zero attached hydrogens (tertiary/aromatic N) is 2. The van der Waals surface area contributed by atoms with Gasteiger partial charge in [-0.3, -0.25) is 5.43 Å². The number of aryl methyl sites for hydroxylation is 1. The van der Waals surface area contributed by atoms with Crippen LogP contribution in [0.15, 0.2) is 34.2 Å². The molecule has 0 aliphatic carbocycles. The van der Waals surface area contributed by atoms with Crippen LogP contribution in [-0.4, -0.2) is 9.97 Å². The largest absolute Gasteiger partial charge is 0.292 e. The fraction of sp³-hybridized carbons (Fsp3) is 0.0909. The maximum absolute atomic E-state index is 5.96. The molecule has 1 aromatic heterocycles. The van der Waals surface area contributed by atoms with Crippen LogP contribution >= 0.6 is 35.0 Å². The Hall–Kier alpha value is -1.01. The average Bonchev–Trinajstić information content (AvgIpc) is 2.33. The van der Waals surface area contributed by atoms with E-state index in [0.717, 1.165) is 15.6 Å². The van der Waals surface area contributed by atoms with E-state index < -0.39 is 0 Å². The molecule has 2 aromatic rings. The van der Waals surface area contributed by atoms with Crippen molar-refractivity contribution in [2.75, 3.05) is 5.43 Å². The predicted octanol–water partition coefficient (Wildman–Crippen LogP) is 3.53. The number of hydrogen-bond donors (Lipinski definition) is 2. The van der Waals surface area contributed by atoms with E-state index in [4.69, 9.17) is 29.0 Å². The lowest BCUT2D eigenvalue weighted by Crippen LogP contribution is -2.11. The molecule has 1 aromatic carbocycles. The van der Waals surface area contributed by atoms with Gasteiger partial charge in [-0.2, -0.15) is 0 Å². The highest BCUT2D eigenvalue weighted by Crippen LogP contribution is 2.32. The monoisotopic (exact) mass is 300 g/mol. The van der Waals surface area contributed by atoms with Crippen molar-refractivity contribution in [3.05, 3.63) is 40.0 Å². The second-order valence-electron chi connectivity index (χ2n) is 3.49. The quantitative estimate of drug-likeness (QED) is 0.516. The Morgan fingerprint density at radius 2 is 1.94 bits per heavy atom. The van der Waals surface area contributed by atoms with Gasteiger partial charge in [0.25, 0.3) is 0 Å². The molecule has 0 aliphatic rings. The molecule has 3 N–H and O–H groups in total. The molecule has 0 unspecified atom stereocenters. The van der Waals surface area contributed by atoms with Gasteiger partial charge in [0.1, 0.15) is 5.03 Å². The van der Waals surface area contributed by atoms with E-state index in [1.165, 1.54) is 11.8 Å². The number of hydrogen-bond acceptors (Lipinski definition) is 5. The zero-order valence-electron chi connectivity index (χ0n) is 9.45. The summed E-state index contributed by atoms with van der Waals surface area (Å²) in [7, 11) is 0. The van der Waals surface area contributed by atoms with Crippen molar-refractivity contribution in [3.63, 3.8) is 0 Å². The van der Waals surface area contributed by atoms with Gasteiger partial charge in [-0.15, -0.1) is 0 Å². The van der Waals surface area contributed by atoms with E-state index in [1.54, 1.807) is 12.1 Å². The fourth-order valence-electron chi connectivity index (χ4n) is 1.32. The van der Waals surface area contributed by atoms with Crippen LogP contribution in [0.5, 0.6) is 0 Å². The Morgan fingerprint density at radius 1 is 1.17 bits per heavy atom. The molecule has 0 amide bonds. The highest BCUT2D eigenvalue weighted by molar-refractivity contribution is 7.99. The summed E-state index contributed by atoms with van der Waals surface area (Å²) in [6.45, 7) is 1.88.